The molecule has 146 valence electrons. The minimum Gasteiger partial charge on any atom is -0.510 e. The fraction of sp³-hybridized carbons (Fsp3) is 0.500. The summed E-state index contributed by atoms with van der Waals surface area (Å²) in [6, 6.07) is 0. The maximum Gasteiger partial charge on any atom is 0.410 e. The van der Waals surface area contributed by atoms with Crippen LogP contribution in [-0.4, -0.2) is 28.2 Å². The van der Waals surface area contributed by atoms with E-state index in [-0.39, 0.29) is 0 Å². The van der Waals surface area contributed by atoms with Crippen LogP contribution in [-0.2, 0) is 0 Å². The number of hydrogen-bond donors (Lipinski definition) is 4. The van der Waals surface area contributed by atoms with Gasteiger partial charge in [0, 0.05) is 18.5 Å². The second-order valence-corrected chi connectivity index (χ2v) is 6.55. The molecule has 2 rings (SSSR count). The maximum atomic E-state index is 13.9. The summed E-state index contributed by atoms with van der Waals surface area (Å²) in [5.74, 6) is -0.470. The van der Waals surface area contributed by atoms with Crippen LogP contribution in [0.15, 0.2) is 46.5 Å². The second-order valence-electron chi connectivity index (χ2n) is 6.55. The molecule has 0 aromatic carbocycles. The largest absolute Gasteiger partial charge is 0.510 e. The standard InChI is InChI=1S/C16H18F6N2O2/c1-13(26)5-4-9(7-12(13)24)14(15(17,18)19,16(20,21)22)8-2-3-11(25)10(23)6-8/h4,6-7,25-26H,2-3,5,23-24H2,1H3. The Kier molecular flexibility index (Phi) is 4.64. The molecule has 0 aromatic heterocycles. The van der Waals surface area contributed by atoms with E-state index in [1.54, 1.807) is 0 Å². The molecule has 0 saturated heterocycles. The zero-order valence-electron chi connectivity index (χ0n) is 13.7. The molecule has 0 saturated carbocycles. The molecule has 26 heavy (non-hydrogen) atoms. The van der Waals surface area contributed by atoms with Crippen molar-refractivity contribution in [2.45, 2.75) is 44.1 Å². The Bertz CT molecular complexity index is 712. The highest BCUT2D eigenvalue weighted by Crippen LogP contribution is 2.62. The Morgan fingerprint density at radius 1 is 1.00 bits per heavy atom. The predicted molar refractivity (Wildman–Crippen MR) is 81.3 cm³/mol. The van der Waals surface area contributed by atoms with Gasteiger partial charge in [0.15, 0.2) is 0 Å². The lowest BCUT2D eigenvalue weighted by atomic mass is 9.67. The topological polar surface area (TPSA) is 92.5 Å². The number of hydrogen-bond acceptors (Lipinski definition) is 4. The molecule has 0 fully saturated rings. The summed E-state index contributed by atoms with van der Waals surface area (Å²) >= 11 is 0. The zero-order valence-corrected chi connectivity index (χ0v) is 13.7. The van der Waals surface area contributed by atoms with Crippen LogP contribution < -0.4 is 11.5 Å². The predicted octanol–water partition coefficient (Wildman–Crippen LogP) is 3.47. The highest BCUT2D eigenvalue weighted by atomic mass is 19.4. The summed E-state index contributed by atoms with van der Waals surface area (Å²) in [5.41, 5.74) is 1.58. The smallest absolute Gasteiger partial charge is 0.410 e. The van der Waals surface area contributed by atoms with E-state index in [2.05, 4.69) is 0 Å². The first-order valence-electron chi connectivity index (χ1n) is 7.57. The first-order chi connectivity index (χ1) is 11.6. The van der Waals surface area contributed by atoms with Crippen LogP contribution >= 0.6 is 0 Å². The Balaban J connectivity index is 2.81. The van der Waals surface area contributed by atoms with Gasteiger partial charge in [0.2, 0.25) is 5.41 Å². The van der Waals surface area contributed by atoms with E-state index in [1.165, 1.54) is 6.92 Å². The fourth-order valence-electron chi connectivity index (χ4n) is 3.14. The molecule has 1 unspecified atom stereocenters. The third-order valence-electron chi connectivity index (χ3n) is 4.71. The number of halogens is 6. The summed E-state index contributed by atoms with van der Waals surface area (Å²) < 4.78 is 83.6. The number of allylic oxidation sites excluding steroid dienone is 5. The van der Waals surface area contributed by atoms with Crippen molar-refractivity contribution in [3.05, 3.63) is 46.5 Å². The lowest BCUT2D eigenvalue weighted by Gasteiger charge is -2.43. The van der Waals surface area contributed by atoms with Gasteiger partial charge in [-0.2, -0.15) is 26.3 Å². The summed E-state index contributed by atoms with van der Waals surface area (Å²) in [4.78, 5) is 0. The van der Waals surface area contributed by atoms with Crippen molar-refractivity contribution < 1.29 is 36.6 Å². The molecular formula is C16H18F6N2O2. The van der Waals surface area contributed by atoms with Gasteiger partial charge in [-0.3, -0.25) is 0 Å². The molecule has 4 nitrogen and oxygen atoms in total. The minimum atomic E-state index is -5.75. The average Bonchev–Trinajstić information content (AvgIpc) is 2.44. The summed E-state index contributed by atoms with van der Waals surface area (Å²) in [6.07, 6.45) is -11.4. The molecule has 0 bridgehead atoms. The van der Waals surface area contributed by atoms with Crippen LogP contribution in [0.5, 0.6) is 0 Å². The third kappa shape index (κ3) is 2.95. The molecule has 0 aromatic rings. The number of alkyl halides is 6. The van der Waals surface area contributed by atoms with Crippen molar-refractivity contribution >= 4 is 0 Å². The number of aliphatic hydroxyl groups excluding tert-OH is 1. The van der Waals surface area contributed by atoms with Crippen LogP contribution in [0.4, 0.5) is 26.3 Å². The van der Waals surface area contributed by atoms with Crippen LogP contribution in [0.2, 0.25) is 0 Å². The normalized spacial score (nSPS) is 25.6. The third-order valence-corrected chi connectivity index (χ3v) is 4.71. The van der Waals surface area contributed by atoms with Gasteiger partial charge in [0.05, 0.1) is 5.70 Å². The lowest BCUT2D eigenvalue weighted by Crippen LogP contribution is -2.54. The zero-order chi connectivity index (χ0) is 20.1. The quantitative estimate of drug-likeness (QED) is 0.549. The van der Waals surface area contributed by atoms with E-state index in [0.29, 0.717) is 18.2 Å². The highest BCUT2D eigenvalue weighted by Gasteiger charge is 2.73. The Hall–Kier alpha value is -2.10. The maximum absolute atomic E-state index is 13.9. The molecule has 0 amide bonds. The van der Waals surface area contributed by atoms with Crippen molar-refractivity contribution in [1.82, 2.24) is 0 Å². The van der Waals surface area contributed by atoms with Crippen molar-refractivity contribution in [1.29, 1.82) is 0 Å². The molecule has 10 heteroatoms. The highest BCUT2D eigenvalue weighted by molar-refractivity contribution is 5.48. The van der Waals surface area contributed by atoms with Gasteiger partial charge < -0.3 is 21.7 Å². The van der Waals surface area contributed by atoms with Crippen LogP contribution in [0.25, 0.3) is 0 Å². The lowest BCUT2D eigenvalue weighted by molar-refractivity contribution is -0.310. The van der Waals surface area contributed by atoms with Crippen LogP contribution in [0, 0.1) is 5.41 Å². The van der Waals surface area contributed by atoms with E-state index in [1.807, 2.05) is 0 Å². The SMILES string of the molecule is CC1(O)CC=C(C(C2=CC(N)=C(O)CC2)(C(F)(F)F)C(F)(F)F)C=C1N. The molecule has 0 aliphatic heterocycles. The van der Waals surface area contributed by atoms with Crippen LogP contribution in [0.1, 0.15) is 26.2 Å². The number of nitrogens with two attached hydrogens (primary N) is 2. The van der Waals surface area contributed by atoms with E-state index in [9.17, 15) is 36.6 Å². The molecule has 0 heterocycles. The van der Waals surface area contributed by atoms with Gasteiger partial charge in [0.25, 0.3) is 0 Å². The van der Waals surface area contributed by atoms with Crippen molar-refractivity contribution in [3.8, 4) is 0 Å². The average molecular weight is 384 g/mol. The molecular weight excluding hydrogens is 366 g/mol. The number of aliphatic hydroxyl groups is 2. The van der Waals surface area contributed by atoms with Crippen molar-refractivity contribution in [2.75, 3.05) is 0 Å². The van der Waals surface area contributed by atoms with E-state index in [4.69, 9.17) is 11.5 Å². The van der Waals surface area contributed by atoms with E-state index < -0.39 is 70.9 Å². The fourth-order valence-corrected chi connectivity index (χ4v) is 3.14. The summed E-state index contributed by atoms with van der Waals surface area (Å²) in [6.45, 7) is 1.19. The molecule has 6 N–H and O–H groups in total. The number of rotatable bonds is 2. The van der Waals surface area contributed by atoms with Crippen LogP contribution in [0.3, 0.4) is 0 Å². The Morgan fingerprint density at radius 2 is 1.54 bits per heavy atom. The van der Waals surface area contributed by atoms with E-state index >= 15 is 0 Å². The summed E-state index contributed by atoms with van der Waals surface area (Å²) in [5, 5.41) is 19.4. The Morgan fingerprint density at radius 3 is 1.96 bits per heavy atom. The molecule has 2 aliphatic carbocycles. The van der Waals surface area contributed by atoms with Gasteiger partial charge in [-0.25, -0.2) is 0 Å². The molecule has 0 radical (unpaired) electrons. The first kappa shape index (κ1) is 20.2. The van der Waals surface area contributed by atoms with Gasteiger partial charge >= 0.3 is 12.4 Å². The van der Waals surface area contributed by atoms with Crippen molar-refractivity contribution in [3.63, 3.8) is 0 Å². The molecule has 0 spiro atoms. The minimum absolute atomic E-state index is 0.449. The molecule has 1 atom stereocenters. The summed E-state index contributed by atoms with van der Waals surface area (Å²) in [7, 11) is 0. The van der Waals surface area contributed by atoms with Crippen molar-refractivity contribution in [2.24, 2.45) is 16.9 Å². The Labute approximate surface area is 145 Å². The first-order valence-corrected chi connectivity index (χ1v) is 7.57. The molecule has 2 aliphatic rings. The van der Waals surface area contributed by atoms with Gasteiger partial charge in [-0.05, 0) is 36.6 Å². The van der Waals surface area contributed by atoms with Gasteiger partial charge in [0.1, 0.15) is 11.4 Å². The van der Waals surface area contributed by atoms with Gasteiger partial charge in [-0.15, -0.1) is 0 Å². The van der Waals surface area contributed by atoms with E-state index in [0.717, 1.165) is 0 Å². The monoisotopic (exact) mass is 384 g/mol. The van der Waals surface area contributed by atoms with Gasteiger partial charge in [-0.1, -0.05) is 6.08 Å². The second kappa shape index (κ2) is 5.97.